The molecule has 1 atom stereocenters. The summed E-state index contributed by atoms with van der Waals surface area (Å²) >= 11 is 0. The highest BCUT2D eigenvalue weighted by molar-refractivity contribution is 5.94. The van der Waals surface area contributed by atoms with Crippen LogP contribution < -0.4 is 0 Å². The molecule has 1 aromatic heterocycles. The van der Waals surface area contributed by atoms with Crippen LogP contribution in [0.3, 0.4) is 0 Å². The molecule has 0 spiro atoms. The third kappa shape index (κ3) is 2.88. The standard InChI is InChI=1S/C16H19N3O2/c20-10-8-12-5-3-4-9-19(12)16(21)15-11-17-13-6-1-2-7-14(13)18-15/h1-2,6-7,11-12,20H,3-5,8-10H2. The Morgan fingerprint density at radius 1 is 1.29 bits per heavy atom. The van der Waals surface area contributed by atoms with Crippen LogP contribution in [0.5, 0.6) is 0 Å². The number of carbonyl (C=O) groups excluding carboxylic acids is 1. The summed E-state index contributed by atoms with van der Waals surface area (Å²) in [6, 6.07) is 7.65. The van der Waals surface area contributed by atoms with E-state index < -0.39 is 0 Å². The molecule has 5 heteroatoms. The summed E-state index contributed by atoms with van der Waals surface area (Å²) in [6.45, 7) is 0.843. The molecule has 1 aliphatic heterocycles. The van der Waals surface area contributed by atoms with E-state index in [-0.39, 0.29) is 18.6 Å². The van der Waals surface area contributed by atoms with Crippen LogP contribution in [-0.4, -0.2) is 45.1 Å². The molecule has 1 N–H and O–H groups in total. The zero-order chi connectivity index (χ0) is 14.7. The lowest BCUT2D eigenvalue weighted by Gasteiger charge is -2.35. The number of likely N-dealkylation sites (tertiary alicyclic amines) is 1. The van der Waals surface area contributed by atoms with E-state index in [4.69, 9.17) is 5.11 Å². The first-order valence-electron chi connectivity index (χ1n) is 7.43. The fourth-order valence-corrected chi connectivity index (χ4v) is 2.92. The molecule has 1 saturated heterocycles. The number of fused-ring (bicyclic) bond motifs is 1. The minimum Gasteiger partial charge on any atom is -0.396 e. The first-order valence-corrected chi connectivity index (χ1v) is 7.43. The fourth-order valence-electron chi connectivity index (χ4n) is 2.92. The van der Waals surface area contributed by atoms with Crippen molar-refractivity contribution in [1.29, 1.82) is 0 Å². The number of aliphatic hydroxyl groups is 1. The fraction of sp³-hybridized carbons (Fsp3) is 0.438. The van der Waals surface area contributed by atoms with Crippen molar-refractivity contribution in [2.45, 2.75) is 31.7 Å². The molecular weight excluding hydrogens is 266 g/mol. The van der Waals surface area contributed by atoms with Gasteiger partial charge in [-0.2, -0.15) is 0 Å². The lowest BCUT2D eigenvalue weighted by atomic mass is 9.99. The Morgan fingerprint density at radius 2 is 2.10 bits per heavy atom. The molecule has 5 nitrogen and oxygen atoms in total. The number of aromatic nitrogens is 2. The number of amides is 1. The summed E-state index contributed by atoms with van der Waals surface area (Å²) in [5.74, 6) is -0.0774. The number of hydrogen-bond acceptors (Lipinski definition) is 4. The van der Waals surface area contributed by atoms with E-state index in [1.807, 2.05) is 29.2 Å². The second-order valence-corrected chi connectivity index (χ2v) is 5.40. The van der Waals surface area contributed by atoms with Gasteiger partial charge in [0.1, 0.15) is 5.69 Å². The largest absolute Gasteiger partial charge is 0.396 e. The molecule has 0 radical (unpaired) electrons. The van der Waals surface area contributed by atoms with Crippen LogP contribution in [0.15, 0.2) is 30.5 Å². The van der Waals surface area contributed by atoms with E-state index in [1.54, 1.807) is 6.20 Å². The van der Waals surface area contributed by atoms with E-state index >= 15 is 0 Å². The maximum atomic E-state index is 12.7. The van der Waals surface area contributed by atoms with E-state index in [9.17, 15) is 4.79 Å². The van der Waals surface area contributed by atoms with Crippen molar-refractivity contribution in [2.75, 3.05) is 13.2 Å². The number of rotatable bonds is 3. The first-order chi connectivity index (χ1) is 10.3. The Labute approximate surface area is 123 Å². The molecule has 1 amide bonds. The Morgan fingerprint density at radius 3 is 2.90 bits per heavy atom. The van der Waals surface area contributed by atoms with Gasteiger partial charge < -0.3 is 10.0 Å². The molecule has 110 valence electrons. The monoisotopic (exact) mass is 285 g/mol. The van der Waals surface area contributed by atoms with Crippen LogP contribution in [0, 0.1) is 0 Å². The molecule has 21 heavy (non-hydrogen) atoms. The molecule has 1 aliphatic rings. The summed E-state index contributed by atoms with van der Waals surface area (Å²) in [5.41, 5.74) is 1.91. The Hall–Kier alpha value is -2.01. The quantitative estimate of drug-likeness (QED) is 0.936. The van der Waals surface area contributed by atoms with Gasteiger partial charge in [-0.15, -0.1) is 0 Å². The average molecular weight is 285 g/mol. The van der Waals surface area contributed by atoms with Crippen molar-refractivity contribution in [2.24, 2.45) is 0 Å². The van der Waals surface area contributed by atoms with Gasteiger partial charge in [-0.3, -0.25) is 9.78 Å². The van der Waals surface area contributed by atoms with Crippen LogP contribution in [0.1, 0.15) is 36.2 Å². The smallest absolute Gasteiger partial charge is 0.274 e. The van der Waals surface area contributed by atoms with Crippen molar-refractivity contribution < 1.29 is 9.90 Å². The molecule has 1 unspecified atom stereocenters. The normalized spacial score (nSPS) is 18.9. The van der Waals surface area contributed by atoms with Crippen molar-refractivity contribution >= 4 is 16.9 Å². The van der Waals surface area contributed by atoms with Crippen LogP contribution in [-0.2, 0) is 0 Å². The number of hydrogen-bond donors (Lipinski definition) is 1. The highest BCUT2D eigenvalue weighted by Gasteiger charge is 2.28. The lowest BCUT2D eigenvalue weighted by molar-refractivity contribution is 0.0568. The number of nitrogens with zero attached hydrogens (tertiary/aromatic N) is 3. The first kappa shape index (κ1) is 13.9. The molecule has 0 saturated carbocycles. The zero-order valence-corrected chi connectivity index (χ0v) is 11.9. The zero-order valence-electron chi connectivity index (χ0n) is 11.9. The molecule has 3 rings (SSSR count). The maximum Gasteiger partial charge on any atom is 0.274 e. The molecule has 2 aromatic rings. The molecule has 2 heterocycles. The molecule has 1 aromatic carbocycles. The second kappa shape index (κ2) is 6.18. The predicted molar refractivity (Wildman–Crippen MR) is 79.9 cm³/mol. The SMILES string of the molecule is O=C(c1cnc2ccccc2n1)N1CCCCC1CCO. The average Bonchev–Trinajstić information content (AvgIpc) is 2.54. The van der Waals surface area contributed by atoms with Gasteiger partial charge in [0.15, 0.2) is 0 Å². The van der Waals surface area contributed by atoms with Gasteiger partial charge in [-0.05, 0) is 37.8 Å². The molecular formula is C16H19N3O2. The van der Waals surface area contributed by atoms with E-state index in [2.05, 4.69) is 9.97 Å². The highest BCUT2D eigenvalue weighted by Crippen LogP contribution is 2.21. The predicted octanol–water partition coefficient (Wildman–Crippen LogP) is 2.01. The topological polar surface area (TPSA) is 66.3 Å². The number of para-hydroxylation sites is 2. The third-order valence-corrected chi connectivity index (χ3v) is 4.02. The third-order valence-electron chi connectivity index (χ3n) is 4.02. The van der Waals surface area contributed by atoms with Crippen molar-refractivity contribution in [3.8, 4) is 0 Å². The van der Waals surface area contributed by atoms with Crippen molar-refractivity contribution in [3.05, 3.63) is 36.2 Å². The van der Waals surface area contributed by atoms with Crippen molar-refractivity contribution in [3.63, 3.8) is 0 Å². The Balaban J connectivity index is 1.87. The van der Waals surface area contributed by atoms with Gasteiger partial charge in [0.2, 0.25) is 0 Å². The summed E-state index contributed by atoms with van der Waals surface area (Å²) in [5, 5.41) is 9.16. The Kier molecular flexibility index (Phi) is 4.10. The summed E-state index contributed by atoms with van der Waals surface area (Å²) in [6.07, 6.45) is 5.25. The molecule has 1 fully saturated rings. The van der Waals surface area contributed by atoms with Crippen LogP contribution in [0.25, 0.3) is 11.0 Å². The minimum absolute atomic E-state index is 0.0774. The van der Waals surface area contributed by atoms with Gasteiger partial charge in [-0.1, -0.05) is 12.1 Å². The molecule has 0 bridgehead atoms. The minimum atomic E-state index is -0.0774. The van der Waals surface area contributed by atoms with Gasteiger partial charge in [0.25, 0.3) is 5.91 Å². The number of carbonyl (C=O) groups is 1. The summed E-state index contributed by atoms with van der Waals surface area (Å²) in [4.78, 5) is 23.3. The maximum absolute atomic E-state index is 12.7. The highest BCUT2D eigenvalue weighted by atomic mass is 16.3. The van der Waals surface area contributed by atoms with Gasteiger partial charge >= 0.3 is 0 Å². The van der Waals surface area contributed by atoms with Gasteiger partial charge in [-0.25, -0.2) is 4.98 Å². The van der Waals surface area contributed by atoms with E-state index in [0.29, 0.717) is 12.1 Å². The van der Waals surface area contributed by atoms with E-state index in [0.717, 1.165) is 36.8 Å². The van der Waals surface area contributed by atoms with Gasteiger partial charge in [0, 0.05) is 19.2 Å². The lowest BCUT2D eigenvalue weighted by Crippen LogP contribution is -2.44. The number of benzene rings is 1. The number of aliphatic hydroxyl groups excluding tert-OH is 1. The van der Waals surface area contributed by atoms with Gasteiger partial charge in [0.05, 0.1) is 17.2 Å². The summed E-state index contributed by atoms with van der Waals surface area (Å²) in [7, 11) is 0. The van der Waals surface area contributed by atoms with Crippen molar-refractivity contribution in [1.82, 2.24) is 14.9 Å². The molecule has 0 aliphatic carbocycles. The van der Waals surface area contributed by atoms with Crippen LogP contribution in [0.2, 0.25) is 0 Å². The van der Waals surface area contributed by atoms with Crippen LogP contribution >= 0.6 is 0 Å². The Bertz CT molecular complexity index is 642. The summed E-state index contributed by atoms with van der Waals surface area (Å²) < 4.78 is 0. The van der Waals surface area contributed by atoms with Crippen LogP contribution in [0.4, 0.5) is 0 Å². The van der Waals surface area contributed by atoms with E-state index in [1.165, 1.54) is 0 Å². The second-order valence-electron chi connectivity index (χ2n) is 5.40. The number of piperidine rings is 1.